The maximum absolute atomic E-state index is 11.5. The van der Waals surface area contributed by atoms with Gasteiger partial charge in [-0.05, 0) is 12.5 Å². The van der Waals surface area contributed by atoms with Gasteiger partial charge in [0.25, 0.3) is 10.1 Å². The Bertz CT molecular complexity index is 499. The second kappa shape index (κ2) is 6.68. The molecule has 0 amide bonds. The zero-order valence-corrected chi connectivity index (χ0v) is 10.4. The fraction of sp³-hybridized carbons (Fsp3) is 0.364. The number of esters is 1. The van der Waals surface area contributed by atoms with Gasteiger partial charge in [0, 0.05) is 6.42 Å². The molecular formula is C11H15NaO5S. The topological polar surface area (TPSA) is 80.7 Å². The monoisotopic (exact) mass is 282 g/mol. The first-order valence-electron chi connectivity index (χ1n) is 4.90. The predicted molar refractivity (Wildman–Crippen MR) is 69.3 cm³/mol. The Hall–Kier alpha value is -0.400. The molecule has 18 heavy (non-hydrogen) atoms. The van der Waals surface area contributed by atoms with Crippen LogP contribution in [-0.2, 0) is 26.1 Å². The number of ether oxygens (including phenoxy) is 1. The van der Waals surface area contributed by atoms with Gasteiger partial charge in [-0.1, -0.05) is 30.3 Å². The van der Waals surface area contributed by atoms with E-state index in [1.54, 1.807) is 30.3 Å². The molecule has 0 radical (unpaired) electrons. The third-order valence-corrected chi connectivity index (χ3v) is 4.02. The molecule has 0 spiro atoms. The molecule has 1 aromatic carbocycles. The van der Waals surface area contributed by atoms with E-state index in [0.29, 0.717) is 5.56 Å². The fourth-order valence-electron chi connectivity index (χ4n) is 1.47. The van der Waals surface area contributed by atoms with Gasteiger partial charge in [-0.15, -0.1) is 0 Å². The van der Waals surface area contributed by atoms with Crippen molar-refractivity contribution in [3.05, 3.63) is 35.9 Å². The van der Waals surface area contributed by atoms with E-state index in [-0.39, 0.29) is 36.0 Å². The summed E-state index contributed by atoms with van der Waals surface area (Å²) in [5.41, 5.74) is 0.623. The Morgan fingerprint density at radius 2 is 1.83 bits per heavy atom. The van der Waals surface area contributed by atoms with Crippen LogP contribution in [0.3, 0.4) is 0 Å². The maximum atomic E-state index is 11.5. The minimum atomic E-state index is -4.55. The summed E-state index contributed by atoms with van der Waals surface area (Å²) >= 11 is 0. The normalized spacial score (nSPS) is 14.2. The number of rotatable bonds is 4. The molecule has 1 N–H and O–H groups in total. The molecule has 0 heterocycles. The van der Waals surface area contributed by atoms with Gasteiger partial charge in [-0.3, -0.25) is 9.35 Å². The van der Waals surface area contributed by atoms with E-state index in [9.17, 15) is 17.8 Å². The Balaban J connectivity index is 0.00000289. The first-order valence-corrected chi connectivity index (χ1v) is 6.34. The summed E-state index contributed by atoms with van der Waals surface area (Å²) in [6.07, 6.45) is -0.140. The second-order valence-corrected chi connectivity index (χ2v) is 5.71. The third-order valence-electron chi connectivity index (χ3n) is 2.57. The Morgan fingerprint density at radius 1 is 1.33 bits per heavy atom. The van der Waals surface area contributed by atoms with Crippen molar-refractivity contribution in [3.8, 4) is 0 Å². The number of carbonyl (C=O) groups is 1. The van der Waals surface area contributed by atoms with Crippen molar-refractivity contribution in [2.75, 3.05) is 7.11 Å². The van der Waals surface area contributed by atoms with E-state index in [0.717, 1.165) is 14.0 Å². The fourth-order valence-corrected chi connectivity index (χ4v) is 2.11. The van der Waals surface area contributed by atoms with Crippen LogP contribution in [0.5, 0.6) is 0 Å². The molecule has 0 aromatic heterocycles. The van der Waals surface area contributed by atoms with Crippen LogP contribution in [0, 0.1) is 0 Å². The summed E-state index contributed by atoms with van der Waals surface area (Å²) in [4.78, 5) is 11.5. The molecule has 0 saturated carbocycles. The van der Waals surface area contributed by atoms with Gasteiger partial charge >= 0.3 is 35.5 Å². The zero-order chi connectivity index (χ0) is 13.1. The number of carbonyl (C=O) groups excluding carboxylic acids is 1. The molecule has 0 bridgehead atoms. The van der Waals surface area contributed by atoms with Crippen molar-refractivity contribution in [2.24, 2.45) is 0 Å². The van der Waals surface area contributed by atoms with E-state index in [4.69, 9.17) is 0 Å². The van der Waals surface area contributed by atoms with Gasteiger partial charge < -0.3 is 4.74 Å². The van der Waals surface area contributed by atoms with Crippen molar-refractivity contribution >= 4 is 45.6 Å². The first-order chi connectivity index (χ1) is 7.81. The van der Waals surface area contributed by atoms with E-state index in [2.05, 4.69) is 4.74 Å². The van der Waals surface area contributed by atoms with Crippen LogP contribution in [-0.4, -0.2) is 60.4 Å². The van der Waals surface area contributed by atoms with Crippen molar-refractivity contribution in [1.82, 2.24) is 0 Å². The summed E-state index contributed by atoms with van der Waals surface area (Å²) in [5.74, 6) is -0.983. The minimum absolute atomic E-state index is 0. The summed E-state index contributed by atoms with van der Waals surface area (Å²) < 4.78 is 34.2. The molecule has 5 nitrogen and oxygen atoms in total. The Morgan fingerprint density at radius 3 is 2.22 bits per heavy atom. The Labute approximate surface area is 129 Å². The molecule has 0 fully saturated rings. The number of hydrogen-bond donors (Lipinski definition) is 1. The van der Waals surface area contributed by atoms with Gasteiger partial charge in [0.05, 0.1) is 7.11 Å². The number of hydrogen-bond acceptors (Lipinski definition) is 4. The van der Waals surface area contributed by atoms with Gasteiger partial charge in [-0.2, -0.15) is 8.42 Å². The summed E-state index contributed by atoms with van der Waals surface area (Å²) in [5, 5.41) is 0. The van der Waals surface area contributed by atoms with Crippen molar-refractivity contribution in [1.29, 1.82) is 0 Å². The molecule has 7 heteroatoms. The van der Waals surface area contributed by atoms with Gasteiger partial charge in [-0.25, -0.2) is 0 Å². The molecule has 0 saturated heterocycles. The number of benzene rings is 1. The molecule has 1 aromatic rings. The SMILES string of the molecule is COC(=O)C(C)(Cc1ccccc1)S(=O)(=O)O.[NaH]. The average Bonchev–Trinajstić information content (AvgIpc) is 2.27. The molecule has 0 aliphatic rings. The molecule has 1 atom stereocenters. The van der Waals surface area contributed by atoms with Crippen LogP contribution in [0.1, 0.15) is 12.5 Å². The summed E-state index contributed by atoms with van der Waals surface area (Å²) in [6.45, 7) is 1.14. The summed E-state index contributed by atoms with van der Waals surface area (Å²) in [7, 11) is -3.47. The molecule has 0 aliphatic carbocycles. The Kier molecular flexibility index (Phi) is 6.53. The average molecular weight is 282 g/mol. The second-order valence-electron chi connectivity index (χ2n) is 3.86. The van der Waals surface area contributed by atoms with Crippen LogP contribution in [0.15, 0.2) is 30.3 Å². The van der Waals surface area contributed by atoms with Crippen LogP contribution in [0.25, 0.3) is 0 Å². The number of methoxy groups -OCH3 is 1. The van der Waals surface area contributed by atoms with Crippen molar-refractivity contribution < 1.29 is 22.5 Å². The molecule has 0 aliphatic heterocycles. The molecule has 1 unspecified atom stereocenters. The van der Waals surface area contributed by atoms with Crippen LogP contribution in [0.2, 0.25) is 0 Å². The third kappa shape index (κ3) is 3.80. The van der Waals surface area contributed by atoms with Crippen LogP contribution in [0.4, 0.5) is 0 Å². The van der Waals surface area contributed by atoms with E-state index in [1.807, 2.05) is 0 Å². The molecule has 96 valence electrons. The van der Waals surface area contributed by atoms with E-state index >= 15 is 0 Å². The molecule has 1 rings (SSSR count). The van der Waals surface area contributed by atoms with E-state index in [1.165, 1.54) is 0 Å². The summed E-state index contributed by atoms with van der Waals surface area (Å²) in [6, 6.07) is 8.55. The molecular weight excluding hydrogens is 267 g/mol. The van der Waals surface area contributed by atoms with Crippen molar-refractivity contribution in [3.63, 3.8) is 0 Å². The van der Waals surface area contributed by atoms with Crippen LogP contribution < -0.4 is 0 Å². The standard InChI is InChI=1S/C11H14O5S.Na.H/c1-11(10(12)16-2,17(13,14)15)8-9-6-4-3-5-7-9;;/h3-7H,8H2,1-2H3,(H,13,14,15);;. The predicted octanol–water partition coefficient (Wildman–Crippen LogP) is 0.400. The van der Waals surface area contributed by atoms with Gasteiger partial charge in [0.2, 0.25) is 0 Å². The zero-order valence-electron chi connectivity index (χ0n) is 9.58. The van der Waals surface area contributed by atoms with Gasteiger partial charge in [0.1, 0.15) is 0 Å². The quantitative estimate of drug-likeness (QED) is 0.491. The first kappa shape index (κ1) is 17.6. The van der Waals surface area contributed by atoms with E-state index < -0.39 is 20.8 Å². The van der Waals surface area contributed by atoms with Gasteiger partial charge in [0.15, 0.2) is 4.75 Å². The van der Waals surface area contributed by atoms with Crippen LogP contribution >= 0.6 is 0 Å². The van der Waals surface area contributed by atoms with Crippen molar-refractivity contribution in [2.45, 2.75) is 18.1 Å².